The third kappa shape index (κ3) is 4.13. The van der Waals surface area contributed by atoms with Crippen molar-refractivity contribution in [3.8, 4) is 5.75 Å². The molecular formula is C15H20BrNO3. The normalized spacial score (nSPS) is 18.5. The minimum Gasteiger partial charge on any atom is -0.493 e. The maximum Gasteiger partial charge on any atom is 0.408 e. The highest BCUT2D eigenvalue weighted by Gasteiger charge is 2.24. The first-order valence-electron chi connectivity index (χ1n) is 6.77. The molecule has 0 aliphatic carbocycles. The van der Waals surface area contributed by atoms with E-state index in [1.807, 2.05) is 39.0 Å². The smallest absolute Gasteiger partial charge is 0.408 e. The molecule has 1 atom stereocenters. The zero-order chi connectivity index (χ0) is 14.8. The number of carbonyl (C=O) groups is 1. The van der Waals surface area contributed by atoms with Gasteiger partial charge in [0.1, 0.15) is 11.4 Å². The Labute approximate surface area is 128 Å². The second kappa shape index (κ2) is 6.04. The molecule has 4 nitrogen and oxygen atoms in total. The Morgan fingerprint density at radius 2 is 2.20 bits per heavy atom. The predicted octanol–water partition coefficient (Wildman–Crippen LogP) is 4.19. The molecule has 110 valence electrons. The Bertz CT molecular complexity index is 496. The van der Waals surface area contributed by atoms with Crippen molar-refractivity contribution in [1.82, 2.24) is 5.32 Å². The molecule has 1 aliphatic rings. The molecule has 2 rings (SSSR count). The third-order valence-electron chi connectivity index (χ3n) is 2.94. The number of halogens is 1. The third-order valence-corrected chi connectivity index (χ3v) is 3.43. The van der Waals surface area contributed by atoms with E-state index in [4.69, 9.17) is 9.47 Å². The number of alkyl carbamates (subject to hydrolysis) is 1. The number of carbonyl (C=O) groups excluding carboxylic acids is 1. The van der Waals surface area contributed by atoms with Gasteiger partial charge in [0.25, 0.3) is 0 Å². The van der Waals surface area contributed by atoms with Crippen LogP contribution in [0.1, 0.15) is 45.2 Å². The van der Waals surface area contributed by atoms with E-state index in [0.29, 0.717) is 6.61 Å². The zero-order valence-corrected chi connectivity index (χ0v) is 13.6. The first-order chi connectivity index (χ1) is 9.35. The van der Waals surface area contributed by atoms with Crippen LogP contribution in [0.2, 0.25) is 0 Å². The molecule has 0 spiro atoms. The molecule has 1 amide bonds. The molecule has 1 aromatic carbocycles. The number of benzene rings is 1. The number of hydrogen-bond acceptors (Lipinski definition) is 3. The Morgan fingerprint density at radius 1 is 1.45 bits per heavy atom. The van der Waals surface area contributed by atoms with Gasteiger partial charge in [-0.1, -0.05) is 22.0 Å². The topological polar surface area (TPSA) is 47.6 Å². The first-order valence-corrected chi connectivity index (χ1v) is 7.56. The molecule has 1 N–H and O–H groups in total. The van der Waals surface area contributed by atoms with Gasteiger partial charge >= 0.3 is 6.09 Å². The Kier molecular flexibility index (Phi) is 4.58. The average molecular weight is 342 g/mol. The minimum absolute atomic E-state index is 0.0737. The molecular weight excluding hydrogens is 322 g/mol. The van der Waals surface area contributed by atoms with Gasteiger partial charge in [-0.25, -0.2) is 4.79 Å². The van der Waals surface area contributed by atoms with Gasteiger partial charge in [0.05, 0.1) is 12.6 Å². The molecule has 1 aromatic rings. The van der Waals surface area contributed by atoms with Crippen LogP contribution < -0.4 is 10.1 Å². The average Bonchev–Trinajstić information content (AvgIpc) is 2.49. The lowest BCUT2D eigenvalue weighted by Gasteiger charge is -2.23. The van der Waals surface area contributed by atoms with E-state index in [9.17, 15) is 4.79 Å². The summed E-state index contributed by atoms with van der Waals surface area (Å²) in [6.45, 7) is 6.23. The van der Waals surface area contributed by atoms with Gasteiger partial charge in [0, 0.05) is 10.0 Å². The summed E-state index contributed by atoms with van der Waals surface area (Å²) >= 11 is 3.43. The maximum atomic E-state index is 11.9. The molecule has 0 saturated carbocycles. The fourth-order valence-electron chi connectivity index (χ4n) is 2.15. The van der Waals surface area contributed by atoms with Crippen molar-refractivity contribution >= 4 is 22.0 Å². The standard InChI is InChI=1S/C15H20BrNO3/c1-15(2,3)20-14(18)17-12-5-4-8-19-13-9-10(16)6-7-11(12)13/h6-7,9,12H,4-5,8H2,1-3H3,(H,17,18). The highest BCUT2D eigenvalue weighted by Crippen LogP contribution is 2.33. The van der Waals surface area contributed by atoms with Crippen LogP contribution in [-0.2, 0) is 4.74 Å². The largest absolute Gasteiger partial charge is 0.493 e. The molecule has 1 heterocycles. The van der Waals surface area contributed by atoms with E-state index in [2.05, 4.69) is 21.2 Å². The molecule has 0 aromatic heterocycles. The summed E-state index contributed by atoms with van der Waals surface area (Å²) in [5, 5.41) is 2.93. The van der Waals surface area contributed by atoms with Crippen molar-refractivity contribution in [1.29, 1.82) is 0 Å². The van der Waals surface area contributed by atoms with Crippen molar-refractivity contribution in [3.05, 3.63) is 28.2 Å². The second-order valence-corrected chi connectivity index (χ2v) is 6.79. The van der Waals surface area contributed by atoms with Crippen molar-refractivity contribution in [2.24, 2.45) is 0 Å². The molecule has 0 radical (unpaired) electrons. The van der Waals surface area contributed by atoms with Gasteiger partial charge < -0.3 is 14.8 Å². The van der Waals surface area contributed by atoms with Crippen LogP contribution in [0.4, 0.5) is 4.79 Å². The van der Waals surface area contributed by atoms with Crippen molar-refractivity contribution < 1.29 is 14.3 Å². The van der Waals surface area contributed by atoms with Crippen LogP contribution in [0.5, 0.6) is 5.75 Å². The molecule has 0 bridgehead atoms. The summed E-state index contributed by atoms with van der Waals surface area (Å²) in [5.74, 6) is 0.818. The zero-order valence-electron chi connectivity index (χ0n) is 12.0. The summed E-state index contributed by atoms with van der Waals surface area (Å²) in [4.78, 5) is 11.9. The quantitative estimate of drug-likeness (QED) is 0.833. The molecule has 0 saturated heterocycles. The number of ether oxygens (including phenoxy) is 2. The Hall–Kier alpha value is -1.23. The van der Waals surface area contributed by atoms with E-state index < -0.39 is 11.7 Å². The number of nitrogens with one attached hydrogen (secondary N) is 1. The number of amides is 1. The number of rotatable bonds is 1. The van der Waals surface area contributed by atoms with Crippen LogP contribution >= 0.6 is 15.9 Å². The van der Waals surface area contributed by atoms with E-state index in [1.165, 1.54) is 0 Å². The molecule has 5 heteroatoms. The van der Waals surface area contributed by atoms with Crippen LogP contribution in [0, 0.1) is 0 Å². The van der Waals surface area contributed by atoms with Gasteiger partial charge in [-0.3, -0.25) is 0 Å². The van der Waals surface area contributed by atoms with Crippen LogP contribution in [0.3, 0.4) is 0 Å². The number of fused-ring (bicyclic) bond motifs is 1. The molecule has 1 unspecified atom stereocenters. The van der Waals surface area contributed by atoms with Crippen molar-refractivity contribution in [2.75, 3.05) is 6.61 Å². The van der Waals surface area contributed by atoms with Gasteiger partial charge in [-0.15, -0.1) is 0 Å². The summed E-state index contributed by atoms with van der Waals surface area (Å²) in [6.07, 6.45) is 1.35. The van der Waals surface area contributed by atoms with E-state index in [-0.39, 0.29) is 6.04 Å². The van der Waals surface area contributed by atoms with Gasteiger partial charge in [-0.05, 0) is 45.7 Å². The van der Waals surface area contributed by atoms with Gasteiger partial charge in [0.2, 0.25) is 0 Å². The lowest BCUT2D eigenvalue weighted by atomic mass is 10.0. The van der Waals surface area contributed by atoms with Crippen molar-refractivity contribution in [3.63, 3.8) is 0 Å². The summed E-state index contributed by atoms with van der Waals surface area (Å²) in [7, 11) is 0. The molecule has 0 fully saturated rings. The van der Waals surface area contributed by atoms with Gasteiger partial charge in [-0.2, -0.15) is 0 Å². The fraction of sp³-hybridized carbons (Fsp3) is 0.533. The highest BCUT2D eigenvalue weighted by atomic mass is 79.9. The first kappa shape index (κ1) is 15.2. The summed E-state index contributed by atoms with van der Waals surface area (Å²) < 4.78 is 12.0. The SMILES string of the molecule is CC(C)(C)OC(=O)NC1CCCOc2cc(Br)ccc21. The Balaban J connectivity index is 2.14. The van der Waals surface area contributed by atoms with Crippen molar-refractivity contribution in [2.45, 2.75) is 45.3 Å². The summed E-state index contributed by atoms with van der Waals surface area (Å²) in [6, 6.07) is 5.80. The Morgan fingerprint density at radius 3 is 2.90 bits per heavy atom. The lowest BCUT2D eigenvalue weighted by molar-refractivity contribution is 0.0501. The second-order valence-electron chi connectivity index (χ2n) is 5.87. The fourth-order valence-corrected chi connectivity index (χ4v) is 2.49. The number of hydrogen-bond donors (Lipinski definition) is 1. The maximum absolute atomic E-state index is 11.9. The van der Waals surface area contributed by atoms with Crippen LogP contribution in [-0.4, -0.2) is 18.3 Å². The highest BCUT2D eigenvalue weighted by molar-refractivity contribution is 9.10. The monoisotopic (exact) mass is 341 g/mol. The van der Waals surface area contributed by atoms with E-state index in [1.54, 1.807) is 0 Å². The molecule has 1 aliphatic heterocycles. The summed E-state index contributed by atoms with van der Waals surface area (Å²) in [5.41, 5.74) is 0.505. The predicted molar refractivity (Wildman–Crippen MR) is 81.0 cm³/mol. The lowest BCUT2D eigenvalue weighted by Crippen LogP contribution is -2.34. The van der Waals surface area contributed by atoms with Crippen LogP contribution in [0.25, 0.3) is 0 Å². The minimum atomic E-state index is -0.492. The van der Waals surface area contributed by atoms with Gasteiger partial charge in [0.15, 0.2) is 0 Å². The molecule has 20 heavy (non-hydrogen) atoms. The van der Waals surface area contributed by atoms with Crippen LogP contribution in [0.15, 0.2) is 22.7 Å². The van der Waals surface area contributed by atoms with E-state index >= 15 is 0 Å². The van der Waals surface area contributed by atoms with E-state index in [0.717, 1.165) is 28.6 Å².